The number of hydrazone groups is 1. The van der Waals surface area contributed by atoms with Gasteiger partial charge in [-0.1, -0.05) is 12.1 Å². The summed E-state index contributed by atoms with van der Waals surface area (Å²) in [6.45, 7) is 2.29. The van der Waals surface area contributed by atoms with Crippen LogP contribution in [0.2, 0.25) is 0 Å². The number of nitro benzene ring substituents is 1. The molecular formula is C26H20BrN3O8. The molecule has 12 heteroatoms. The van der Waals surface area contributed by atoms with Crippen molar-refractivity contribution in [2.75, 3.05) is 6.61 Å². The Morgan fingerprint density at radius 3 is 2.71 bits per heavy atom. The molecule has 0 fully saturated rings. The second-order valence-corrected chi connectivity index (χ2v) is 8.70. The van der Waals surface area contributed by atoms with Gasteiger partial charge in [0.15, 0.2) is 17.3 Å². The Morgan fingerprint density at radius 2 is 1.97 bits per heavy atom. The van der Waals surface area contributed by atoms with Crippen molar-refractivity contribution in [1.82, 2.24) is 5.43 Å². The number of carbonyl (C=O) groups excluding carboxylic acids is 1. The number of halogens is 1. The van der Waals surface area contributed by atoms with E-state index in [9.17, 15) is 24.8 Å². The van der Waals surface area contributed by atoms with Gasteiger partial charge in [-0.3, -0.25) is 14.9 Å². The van der Waals surface area contributed by atoms with Crippen molar-refractivity contribution in [2.45, 2.75) is 13.5 Å². The average molecular weight is 582 g/mol. The molecule has 0 aliphatic heterocycles. The molecule has 0 aliphatic rings. The van der Waals surface area contributed by atoms with Crippen LogP contribution in [0.4, 0.5) is 5.69 Å². The zero-order valence-corrected chi connectivity index (χ0v) is 21.4. The highest BCUT2D eigenvalue weighted by Crippen LogP contribution is 2.37. The summed E-state index contributed by atoms with van der Waals surface area (Å²) < 4.78 is 17.6. The lowest BCUT2D eigenvalue weighted by molar-refractivity contribution is -0.384. The molecule has 4 rings (SSSR count). The van der Waals surface area contributed by atoms with Crippen molar-refractivity contribution in [3.8, 4) is 11.5 Å². The highest BCUT2D eigenvalue weighted by atomic mass is 79.9. The van der Waals surface area contributed by atoms with Crippen LogP contribution in [-0.4, -0.2) is 34.7 Å². The number of carboxylic acids is 1. The van der Waals surface area contributed by atoms with Crippen molar-refractivity contribution in [3.05, 3.63) is 97.7 Å². The maximum absolute atomic E-state index is 12.5. The molecule has 2 N–H and O–H groups in total. The molecule has 0 spiro atoms. The summed E-state index contributed by atoms with van der Waals surface area (Å²) in [6.07, 6.45) is 1.40. The Bertz CT molecular complexity index is 1560. The number of fused-ring (bicyclic) bond motifs is 1. The fourth-order valence-electron chi connectivity index (χ4n) is 3.49. The molecule has 194 valence electrons. The smallest absolute Gasteiger partial charge is 0.335 e. The van der Waals surface area contributed by atoms with Crippen LogP contribution in [-0.2, 0) is 6.61 Å². The first kappa shape index (κ1) is 26.4. The van der Waals surface area contributed by atoms with Crippen molar-refractivity contribution in [2.24, 2.45) is 5.10 Å². The fraction of sp³-hybridized carbons (Fsp3) is 0.115. The summed E-state index contributed by atoms with van der Waals surface area (Å²) >= 11 is 3.46. The summed E-state index contributed by atoms with van der Waals surface area (Å²) in [4.78, 5) is 34.1. The maximum atomic E-state index is 12.5. The van der Waals surface area contributed by atoms with Crippen molar-refractivity contribution >= 4 is 50.7 Å². The number of carbonyl (C=O) groups is 2. The minimum absolute atomic E-state index is 0.0513. The fourth-order valence-corrected chi connectivity index (χ4v) is 4.07. The van der Waals surface area contributed by atoms with Crippen molar-refractivity contribution < 1.29 is 33.5 Å². The third kappa shape index (κ3) is 6.16. The largest absolute Gasteiger partial charge is 0.490 e. The van der Waals surface area contributed by atoms with Gasteiger partial charge in [0, 0.05) is 17.5 Å². The normalized spacial score (nSPS) is 11.0. The van der Waals surface area contributed by atoms with E-state index in [-0.39, 0.29) is 23.6 Å². The standard InChI is InChI=1S/C26H20BrN3O8/c1-2-36-22-10-16(9-20(27)24(22)37-14-15-4-3-5-17(8-15)26(32)33)13-28-29-25(31)23-12-18-11-19(30(34)35)6-7-21(18)38-23/h3-13H,2,14H2,1H3,(H,29,31)(H,32,33)/b28-13+. The molecule has 1 amide bonds. The number of carboxylic acid groups (broad SMARTS) is 1. The predicted molar refractivity (Wildman–Crippen MR) is 141 cm³/mol. The van der Waals surface area contributed by atoms with E-state index in [2.05, 4.69) is 26.5 Å². The van der Waals surface area contributed by atoms with Gasteiger partial charge in [-0.05, 0) is 70.4 Å². The molecule has 11 nitrogen and oxygen atoms in total. The summed E-state index contributed by atoms with van der Waals surface area (Å²) in [7, 11) is 0. The van der Waals surface area contributed by atoms with E-state index in [4.69, 9.17) is 13.9 Å². The third-order valence-corrected chi connectivity index (χ3v) is 5.79. The highest BCUT2D eigenvalue weighted by Gasteiger charge is 2.16. The molecule has 0 bridgehead atoms. The van der Waals surface area contributed by atoms with Crippen LogP contribution in [0, 0.1) is 10.1 Å². The maximum Gasteiger partial charge on any atom is 0.335 e. The molecule has 1 aromatic heterocycles. The number of aromatic carboxylic acids is 1. The first-order chi connectivity index (χ1) is 18.2. The number of nitrogens with zero attached hydrogens (tertiary/aromatic N) is 2. The number of amides is 1. The molecule has 4 aromatic rings. The minimum atomic E-state index is -1.02. The second-order valence-electron chi connectivity index (χ2n) is 7.85. The number of nitrogens with one attached hydrogen (secondary N) is 1. The van der Waals surface area contributed by atoms with E-state index in [0.717, 1.165) is 0 Å². The van der Waals surface area contributed by atoms with E-state index in [1.807, 2.05) is 6.92 Å². The van der Waals surface area contributed by atoms with E-state index in [1.165, 1.54) is 42.6 Å². The summed E-state index contributed by atoms with van der Waals surface area (Å²) in [6, 6.07) is 15.2. The molecule has 3 aromatic carbocycles. The number of furan rings is 1. The monoisotopic (exact) mass is 581 g/mol. The summed E-state index contributed by atoms with van der Waals surface area (Å²) in [5.41, 5.74) is 4.00. The molecule has 0 saturated carbocycles. The SMILES string of the molecule is CCOc1cc(/C=N/NC(=O)c2cc3cc([N+](=O)[O-])ccc3o2)cc(Br)c1OCc1cccc(C(=O)O)c1. The number of ether oxygens (including phenoxy) is 2. The van der Waals surface area contributed by atoms with Gasteiger partial charge in [0.1, 0.15) is 12.2 Å². The lowest BCUT2D eigenvalue weighted by Gasteiger charge is -2.15. The third-order valence-electron chi connectivity index (χ3n) is 5.20. The Kier molecular flexibility index (Phi) is 8.02. The number of rotatable bonds is 10. The first-order valence-corrected chi connectivity index (χ1v) is 12.0. The van der Waals surface area contributed by atoms with Gasteiger partial charge in [0.25, 0.3) is 5.69 Å². The number of hydrogen-bond donors (Lipinski definition) is 2. The van der Waals surface area contributed by atoms with Crippen LogP contribution in [0.5, 0.6) is 11.5 Å². The van der Waals surface area contributed by atoms with Crippen LogP contribution in [0.25, 0.3) is 11.0 Å². The predicted octanol–water partition coefficient (Wildman–Crippen LogP) is 5.54. The summed E-state index contributed by atoms with van der Waals surface area (Å²) in [5.74, 6) is -0.867. The minimum Gasteiger partial charge on any atom is -0.490 e. The zero-order valence-electron chi connectivity index (χ0n) is 19.8. The van der Waals surface area contributed by atoms with Crippen LogP contribution in [0.1, 0.15) is 39.0 Å². The van der Waals surface area contributed by atoms with Crippen molar-refractivity contribution in [1.29, 1.82) is 0 Å². The van der Waals surface area contributed by atoms with Crippen LogP contribution < -0.4 is 14.9 Å². The topological polar surface area (TPSA) is 154 Å². The van der Waals surface area contributed by atoms with E-state index < -0.39 is 16.8 Å². The summed E-state index contributed by atoms with van der Waals surface area (Å²) in [5, 5.41) is 24.5. The highest BCUT2D eigenvalue weighted by molar-refractivity contribution is 9.10. The van der Waals surface area contributed by atoms with Crippen molar-refractivity contribution in [3.63, 3.8) is 0 Å². The molecule has 0 aliphatic carbocycles. The zero-order chi connectivity index (χ0) is 27.2. The van der Waals surface area contributed by atoms with Gasteiger partial charge in [-0.2, -0.15) is 5.10 Å². The number of hydrogen-bond acceptors (Lipinski definition) is 8. The van der Waals surface area contributed by atoms with Gasteiger partial charge in [-0.15, -0.1) is 0 Å². The van der Waals surface area contributed by atoms with Crippen LogP contribution in [0.3, 0.4) is 0 Å². The lowest BCUT2D eigenvalue weighted by atomic mass is 10.1. The Morgan fingerprint density at radius 1 is 1.16 bits per heavy atom. The number of non-ortho nitro benzene ring substituents is 1. The molecular weight excluding hydrogens is 562 g/mol. The van der Waals surface area contributed by atoms with Gasteiger partial charge in [0.05, 0.1) is 27.8 Å². The lowest BCUT2D eigenvalue weighted by Crippen LogP contribution is -2.16. The number of benzene rings is 3. The molecule has 0 saturated heterocycles. The van der Waals surface area contributed by atoms with E-state index >= 15 is 0 Å². The van der Waals surface area contributed by atoms with E-state index in [0.29, 0.717) is 44.7 Å². The second kappa shape index (κ2) is 11.6. The first-order valence-electron chi connectivity index (χ1n) is 11.2. The van der Waals surface area contributed by atoms with E-state index in [1.54, 1.807) is 24.3 Å². The molecule has 38 heavy (non-hydrogen) atoms. The quantitative estimate of drug-likeness (QED) is 0.140. The van der Waals surface area contributed by atoms with Gasteiger partial charge in [0.2, 0.25) is 0 Å². The molecule has 0 unspecified atom stereocenters. The number of nitro groups is 1. The van der Waals surface area contributed by atoms with Gasteiger partial charge in [-0.25, -0.2) is 10.2 Å². The van der Waals surface area contributed by atoms with Gasteiger partial charge >= 0.3 is 11.9 Å². The Hall–Kier alpha value is -4.71. The molecule has 0 atom stereocenters. The Balaban J connectivity index is 1.46. The average Bonchev–Trinajstić information content (AvgIpc) is 3.32. The van der Waals surface area contributed by atoms with Gasteiger partial charge < -0.3 is 19.0 Å². The molecule has 0 radical (unpaired) electrons. The van der Waals surface area contributed by atoms with Crippen LogP contribution >= 0.6 is 15.9 Å². The van der Waals surface area contributed by atoms with Crippen LogP contribution in [0.15, 0.2) is 74.7 Å². The molecule has 1 heterocycles. The Labute approximate surface area is 223 Å².